The van der Waals surface area contributed by atoms with Crippen molar-refractivity contribution in [3.05, 3.63) is 58.1 Å². The summed E-state index contributed by atoms with van der Waals surface area (Å²) in [6.07, 6.45) is 0.991. The summed E-state index contributed by atoms with van der Waals surface area (Å²) in [6, 6.07) is 11.4. The summed E-state index contributed by atoms with van der Waals surface area (Å²) in [4.78, 5) is 14.3. The summed E-state index contributed by atoms with van der Waals surface area (Å²) in [5.41, 5.74) is 2.25. The van der Waals surface area contributed by atoms with E-state index in [0.717, 1.165) is 17.5 Å². The monoisotopic (exact) mass is 387 g/mol. The quantitative estimate of drug-likeness (QED) is 0.875. The highest BCUT2D eigenvalue weighted by atomic mass is 35.5. The average molecular weight is 388 g/mol. The summed E-state index contributed by atoms with van der Waals surface area (Å²) >= 11 is 5.97. The summed E-state index contributed by atoms with van der Waals surface area (Å²) in [5, 5.41) is 10.2. The van der Waals surface area contributed by atoms with E-state index in [9.17, 15) is 9.90 Å². The molecule has 0 spiro atoms. The summed E-state index contributed by atoms with van der Waals surface area (Å²) < 4.78 is 11.8. The molecule has 0 unspecified atom stereocenters. The van der Waals surface area contributed by atoms with Crippen molar-refractivity contribution in [3.8, 4) is 11.5 Å². The lowest BCUT2D eigenvalue weighted by Crippen LogP contribution is -2.53. The Hall–Kier alpha value is -2.24. The fourth-order valence-electron chi connectivity index (χ4n) is 3.80. The van der Waals surface area contributed by atoms with Gasteiger partial charge in [-0.25, -0.2) is 0 Å². The van der Waals surface area contributed by atoms with Crippen molar-refractivity contribution in [1.82, 2.24) is 4.90 Å². The second-order valence-electron chi connectivity index (χ2n) is 7.56. The van der Waals surface area contributed by atoms with Gasteiger partial charge in [0.2, 0.25) is 0 Å². The zero-order chi connectivity index (χ0) is 19.2. The van der Waals surface area contributed by atoms with Crippen LogP contribution in [0.1, 0.15) is 28.4 Å². The average Bonchev–Trinajstić information content (AvgIpc) is 2.95. The van der Waals surface area contributed by atoms with Gasteiger partial charge in [0.05, 0.1) is 13.2 Å². The van der Waals surface area contributed by atoms with Crippen molar-refractivity contribution in [2.75, 3.05) is 20.2 Å². The molecule has 1 saturated heterocycles. The second-order valence-corrected chi connectivity index (χ2v) is 8.00. The van der Waals surface area contributed by atoms with Crippen LogP contribution in [-0.4, -0.2) is 47.8 Å². The van der Waals surface area contributed by atoms with E-state index in [1.54, 1.807) is 18.1 Å². The number of β-amino-alcohol motifs (C(OH)–C–C–N with tert-alkyl or cyclic N) is 1. The molecular weight excluding hydrogens is 366 g/mol. The Morgan fingerprint density at radius 3 is 2.67 bits per heavy atom. The van der Waals surface area contributed by atoms with Crippen molar-refractivity contribution in [3.63, 3.8) is 0 Å². The highest BCUT2D eigenvalue weighted by molar-refractivity contribution is 6.30. The van der Waals surface area contributed by atoms with Crippen LogP contribution >= 0.6 is 11.6 Å². The Balaban J connectivity index is 1.58. The Bertz CT molecular complexity index is 876. The van der Waals surface area contributed by atoms with E-state index in [-0.39, 0.29) is 5.91 Å². The van der Waals surface area contributed by atoms with Gasteiger partial charge < -0.3 is 19.5 Å². The zero-order valence-corrected chi connectivity index (χ0v) is 16.1. The summed E-state index contributed by atoms with van der Waals surface area (Å²) in [5.74, 6) is 1.18. The van der Waals surface area contributed by atoms with Crippen LogP contribution in [0.3, 0.4) is 0 Å². The van der Waals surface area contributed by atoms with Crippen LogP contribution in [0.5, 0.6) is 11.5 Å². The number of fused-ring (bicyclic) bond motifs is 1. The van der Waals surface area contributed by atoms with Gasteiger partial charge >= 0.3 is 0 Å². The first kappa shape index (κ1) is 18.1. The molecule has 142 valence electrons. The SMILES string of the molecule is COc1cc(C(=O)N2CC(O)C2)cc2c1O[C@@](C)(Cc1ccc(Cl)cc1)C2. The Kier molecular flexibility index (Phi) is 4.52. The molecule has 2 heterocycles. The normalized spacial score (nSPS) is 21.4. The van der Waals surface area contributed by atoms with E-state index in [1.807, 2.05) is 30.3 Å². The molecule has 0 aromatic heterocycles. The minimum absolute atomic E-state index is 0.0901. The number of aliphatic hydroxyl groups is 1. The number of likely N-dealkylation sites (tertiary alicyclic amines) is 1. The van der Waals surface area contributed by atoms with Gasteiger partial charge in [-0.2, -0.15) is 0 Å². The molecule has 5 nitrogen and oxygen atoms in total. The number of nitrogens with zero attached hydrogens (tertiary/aromatic N) is 1. The van der Waals surface area contributed by atoms with Gasteiger partial charge in [0.1, 0.15) is 5.60 Å². The van der Waals surface area contributed by atoms with Crippen molar-refractivity contribution >= 4 is 17.5 Å². The first-order chi connectivity index (χ1) is 12.9. The van der Waals surface area contributed by atoms with Crippen molar-refractivity contribution in [1.29, 1.82) is 0 Å². The maximum absolute atomic E-state index is 12.6. The molecular formula is C21H22ClNO4. The molecule has 0 aliphatic carbocycles. The van der Waals surface area contributed by atoms with E-state index in [4.69, 9.17) is 21.1 Å². The molecule has 27 heavy (non-hydrogen) atoms. The van der Waals surface area contributed by atoms with Gasteiger partial charge in [-0.05, 0) is 36.8 Å². The number of benzene rings is 2. The zero-order valence-electron chi connectivity index (χ0n) is 15.4. The van der Waals surface area contributed by atoms with Gasteiger partial charge in [0, 0.05) is 42.1 Å². The van der Waals surface area contributed by atoms with Crippen LogP contribution in [0, 0.1) is 0 Å². The van der Waals surface area contributed by atoms with E-state index >= 15 is 0 Å². The Morgan fingerprint density at radius 2 is 2.04 bits per heavy atom. The third kappa shape index (κ3) is 3.49. The van der Waals surface area contributed by atoms with Crippen LogP contribution in [0.2, 0.25) is 5.02 Å². The first-order valence-electron chi connectivity index (χ1n) is 8.98. The molecule has 1 atom stereocenters. The van der Waals surface area contributed by atoms with Gasteiger partial charge in [0.25, 0.3) is 5.91 Å². The standard InChI is InChI=1S/C21H22ClNO4/c1-21(9-13-3-5-16(22)6-4-13)10-15-7-14(8-18(26-2)19(15)27-21)20(25)23-11-17(24)12-23/h3-8,17,24H,9-12H2,1-2H3/t21-/m0/s1. The predicted octanol–water partition coefficient (Wildman–Crippen LogP) is 3.10. The van der Waals surface area contributed by atoms with Crippen LogP contribution in [0.15, 0.2) is 36.4 Å². The Morgan fingerprint density at radius 1 is 1.33 bits per heavy atom. The molecule has 1 N–H and O–H groups in total. The fourth-order valence-corrected chi connectivity index (χ4v) is 3.93. The molecule has 2 aromatic carbocycles. The lowest BCUT2D eigenvalue weighted by Gasteiger charge is -2.36. The van der Waals surface area contributed by atoms with Crippen LogP contribution in [0.4, 0.5) is 0 Å². The number of amides is 1. The van der Waals surface area contributed by atoms with Crippen LogP contribution < -0.4 is 9.47 Å². The molecule has 0 bridgehead atoms. The molecule has 4 rings (SSSR count). The summed E-state index contributed by atoms with van der Waals surface area (Å²) in [7, 11) is 1.58. The molecule has 0 saturated carbocycles. The minimum Gasteiger partial charge on any atom is -0.493 e. The third-order valence-corrected chi connectivity index (χ3v) is 5.40. The fraction of sp³-hybridized carbons (Fsp3) is 0.381. The van der Waals surface area contributed by atoms with Crippen molar-refractivity contribution in [2.24, 2.45) is 0 Å². The van der Waals surface area contributed by atoms with Gasteiger partial charge in [0.15, 0.2) is 11.5 Å². The highest BCUT2D eigenvalue weighted by Crippen LogP contribution is 2.44. The highest BCUT2D eigenvalue weighted by Gasteiger charge is 2.38. The molecule has 2 aliphatic heterocycles. The number of aliphatic hydroxyl groups excluding tert-OH is 1. The second kappa shape index (κ2) is 6.73. The predicted molar refractivity (Wildman–Crippen MR) is 103 cm³/mol. The number of carbonyl (C=O) groups excluding carboxylic acids is 1. The number of hydrogen-bond acceptors (Lipinski definition) is 4. The van der Waals surface area contributed by atoms with E-state index in [1.165, 1.54) is 0 Å². The molecule has 1 amide bonds. The Labute approximate surface area is 163 Å². The minimum atomic E-state index is -0.420. The summed E-state index contributed by atoms with van der Waals surface area (Å²) in [6.45, 7) is 2.82. The molecule has 6 heteroatoms. The van der Waals surface area contributed by atoms with Gasteiger partial charge in [-0.15, -0.1) is 0 Å². The van der Waals surface area contributed by atoms with Crippen molar-refractivity contribution in [2.45, 2.75) is 31.5 Å². The van der Waals surface area contributed by atoms with Gasteiger partial charge in [-0.1, -0.05) is 23.7 Å². The third-order valence-electron chi connectivity index (χ3n) is 5.15. The van der Waals surface area contributed by atoms with E-state index in [2.05, 4.69) is 6.92 Å². The lowest BCUT2D eigenvalue weighted by molar-refractivity contribution is 0.00587. The largest absolute Gasteiger partial charge is 0.493 e. The molecule has 0 radical (unpaired) electrons. The number of ether oxygens (including phenoxy) is 2. The number of carbonyl (C=O) groups is 1. The topological polar surface area (TPSA) is 59.0 Å². The maximum Gasteiger partial charge on any atom is 0.254 e. The maximum atomic E-state index is 12.6. The first-order valence-corrected chi connectivity index (χ1v) is 9.36. The number of hydrogen-bond donors (Lipinski definition) is 1. The number of halogens is 1. The van der Waals surface area contributed by atoms with E-state index in [0.29, 0.717) is 41.6 Å². The van der Waals surface area contributed by atoms with Crippen LogP contribution in [0.25, 0.3) is 0 Å². The molecule has 2 aromatic rings. The van der Waals surface area contributed by atoms with E-state index < -0.39 is 11.7 Å². The van der Waals surface area contributed by atoms with Crippen LogP contribution in [-0.2, 0) is 12.8 Å². The molecule has 2 aliphatic rings. The van der Waals surface area contributed by atoms with Gasteiger partial charge in [-0.3, -0.25) is 4.79 Å². The number of rotatable bonds is 4. The molecule has 1 fully saturated rings. The van der Waals surface area contributed by atoms with Crippen molar-refractivity contribution < 1.29 is 19.4 Å². The smallest absolute Gasteiger partial charge is 0.254 e. The number of methoxy groups -OCH3 is 1. The lowest BCUT2D eigenvalue weighted by atomic mass is 9.91.